The molecule has 2 nitrogen and oxygen atoms in total. The smallest absolute Gasteiger partial charge is 0.398 e. The van der Waals surface area contributed by atoms with Crippen molar-refractivity contribution < 1.29 is 31.9 Å². The van der Waals surface area contributed by atoms with E-state index in [2.05, 4.69) is 0 Å². The number of carboxylic acids is 1. The lowest BCUT2D eigenvalue weighted by atomic mass is 10.3. The Morgan fingerprint density at radius 3 is 1.83 bits per heavy atom. The van der Waals surface area contributed by atoms with Gasteiger partial charge in [-0.25, -0.2) is 8.78 Å². The van der Waals surface area contributed by atoms with Crippen molar-refractivity contribution in [2.45, 2.75) is 12.1 Å². The van der Waals surface area contributed by atoms with Crippen LogP contribution in [0.4, 0.5) is 22.0 Å². The number of rotatable bonds is 1. The molecule has 12 heavy (non-hydrogen) atoms. The van der Waals surface area contributed by atoms with Crippen LogP contribution in [0.2, 0.25) is 0 Å². The number of hydrogen-bond donors (Lipinski definition) is 1. The van der Waals surface area contributed by atoms with E-state index in [4.69, 9.17) is 5.11 Å². The van der Waals surface area contributed by atoms with Crippen molar-refractivity contribution in [3.05, 3.63) is 0 Å². The minimum atomic E-state index is -5.13. The predicted molar refractivity (Wildman–Crippen MR) is 25.6 cm³/mol. The summed E-state index contributed by atoms with van der Waals surface area (Å²) in [6, 6.07) is 0. The second-order valence-corrected chi connectivity index (χ2v) is 2.51. The van der Waals surface area contributed by atoms with Gasteiger partial charge in [-0.2, -0.15) is 13.2 Å². The van der Waals surface area contributed by atoms with Gasteiger partial charge >= 0.3 is 12.1 Å². The molecule has 0 aromatic heterocycles. The Kier molecular flexibility index (Phi) is 1.60. The highest BCUT2D eigenvalue weighted by Crippen LogP contribution is 2.62. The number of halogens is 5. The van der Waals surface area contributed by atoms with Gasteiger partial charge in [0.25, 0.3) is 5.92 Å². The molecule has 1 rings (SSSR count). The fourth-order valence-corrected chi connectivity index (χ4v) is 1.04. The van der Waals surface area contributed by atoms with Crippen molar-refractivity contribution in [3.63, 3.8) is 0 Å². The molecule has 0 aromatic carbocycles. The maximum Gasteiger partial charge on any atom is 0.398 e. The second kappa shape index (κ2) is 2.08. The lowest BCUT2D eigenvalue weighted by Gasteiger charge is -2.01. The molecule has 1 fully saturated rings. The fourth-order valence-electron chi connectivity index (χ4n) is 1.04. The van der Waals surface area contributed by atoms with Crippen molar-refractivity contribution in [1.82, 2.24) is 0 Å². The summed E-state index contributed by atoms with van der Waals surface area (Å²) >= 11 is 0. The van der Waals surface area contributed by atoms with E-state index in [-0.39, 0.29) is 0 Å². The molecule has 1 saturated carbocycles. The van der Waals surface area contributed by atoms with Crippen LogP contribution in [0, 0.1) is 11.8 Å². The van der Waals surface area contributed by atoms with Gasteiger partial charge in [-0.05, 0) is 0 Å². The maximum atomic E-state index is 12.1. The van der Waals surface area contributed by atoms with Gasteiger partial charge in [-0.3, -0.25) is 4.79 Å². The summed E-state index contributed by atoms with van der Waals surface area (Å²) in [4.78, 5) is 9.85. The maximum absolute atomic E-state index is 12.1. The molecule has 2 atom stereocenters. The number of carboxylic acid groups (broad SMARTS) is 1. The van der Waals surface area contributed by atoms with Crippen LogP contribution < -0.4 is 0 Å². The molecule has 0 saturated heterocycles. The average molecular weight is 190 g/mol. The van der Waals surface area contributed by atoms with Gasteiger partial charge in [0.05, 0.1) is 0 Å². The average Bonchev–Trinajstić information content (AvgIpc) is 2.31. The highest BCUT2D eigenvalue weighted by Gasteiger charge is 2.82. The lowest BCUT2D eigenvalue weighted by molar-refractivity contribution is -0.170. The molecular weight excluding hydrogens is 187 g/mol. The van der Waals surface area contributed by atoms with E-state index < -0.39 is 29.9 Å². The summed E-state index contributed by atoms with van der Waals surface area (Å²) in [7, 11) is 0. The first-order valence-electron chi connectivity index (χ1n) is 2.86. The lowest BCUT2D eigenvalue weighted by Crippen LogP contribution is -2.16. The van der Waals surface area contributed by atoms with E-state index in [0.29, 0.717) is 0 Å². The standard InChI is InChI=1S/C5H3F5O2/c6-4(7)1(3(11)12)2(4)5(8,9)10/h1-2H,(H,11,12)/t1-,2+/m1/s1. The Labute approximate surface area is 63.0 Å². The van der Waals surface area contributed by atoms with Crippen LogP contribution >= 0.6 is 0 Å². The van der Waals surface area contributed by atoms with E-state index in [1.165, 1.54) is 0 Å². The molecule has 0 unspecified atom stereocenters. The highest BCUT2D eigenvalue weighted by atomic mass is 19.4. The molecule has 7 heteroatoms. The molecule has 1 N–H and O–H groups in total. The molecule has 1 aliphatic rings. The van der Waals surface area contributed by atoms with Crippen molar-refractivity contribution >= 4 is 5.97 Å². The predicted octanol–water partition coefficient (Wildman–Crippen LogP) is 1.51. The Balaban J connectivity index is 2.80. The van der Waals surface area contributed by atoms with Crippen LogP contribution in [0.1, 0.15) is 0 Å². The SMILES string of the molecule is O=C(O)[C@H]1[C@H](C(F)(F)F)C1(F)F. The van der Waals surface area contributed by atoms with Gasteiger partial charge in [0.2, 0.25) is 0 Å². The molecule has 0 radical (unpaired) electrons. The van der Waals surface area contributed by atoms with E-state index in [9.17, 15) is 26.7 Å². The Hall–Kier alpha value is -0.880. The van der Waals surface area contributed by atoms with Gasteiger partial charge in [0.1, 0.15) is 11.8 Å². The quantitative estimate of drug-likeness (QED) is 0.636. The van der Waals surface area contributed by atoms with Crippen LogP contribution in [0.5, 0.6) is 0 Å². The van der Waals surface area contributed by atoms with Gasteiger partial charge in [0.15, 0.2) is 0 Å². The summed E-state index contributed by atoms with van der Waals surface area (Å²) in [5, 5.41) is 7.94. The Morgan fingerprint density at radius 1 is 1.33 bits per heavy atom. The van der Waals surface area contributed by atoms with Crippen molar-refractivity contribution in [3.8, 4) is 0 Å². The van der Waals surface area contributed by atoms with E-state index in [1.54, 1.807) is 0 Å². The number of carbonyl (C=O) groups is 1. The monoisotopic (exact) mass is 190 g/mol. The van der Waals surface area contributed by atoms with Crippen LogP contribution in [0.15, 0.2) is 0 Å². The van der Waals surface area contributed by atoms with Crippen LogP contribution in [-0.2, 0) is 4.79 Å². The number of hydrogen-bond acceptors (Lipinski definition) is 1. The zero-order valence-corrected chi connectivity index (χ0v) is 5.40. The Morgan fingerprint density at radius 2 is 1.75 bits per heavy atom. The molecule has 1 aliphatic carbocycles. The molecule has 0 aromatic rings. The summed E-state index contributed by atoms with van der Waals surface area (Å²) in [6.07, 6.45) is -5.13. The largest absolute Gasteiger partial charge is 0.481 e. The second-order valence-electron chi connectivity index (χ2n) is 2.51. The normalized spacial score (nSPS) is 33.1. The first kappa shape index (κ1) is 9.21. The fraction of sp³-hybridized carbons (Fsp3) is 0.800. The van der Waals surface area contributed by atoms with Crippen LogP contribution in [0.25, 0.3) is 0 Å². The summed E-state index contributed by atoms with van der Waals surface area (Å²) in [6.45, 7) is 0. The van der Waals surface area contributed by atoms with Gasteiger partial charge < -0.3 is 5.11 Å². The van der Waals surface area contributed by atoms with Crippen molar-refractivity contribution in [2.75, 3.05) is 0 Å². The number of alkyl halides is 5. The van der Waals surface area contributed by atoms with E-state index >= 15 is 0 Å². The van der Waals surface area contributed by atoms with Crippen molar-refractivity contribution in [1.29, 1.82) is 0 Å². The summed E-state index contributed by atoms with van der Waals surface area (Å²) in [5.74, 6) is -11.9. The highest BCUT2D eigenvalue weighted by molar-refractivity contribution is 5.76. The van der Waals surface area contributed by atoms with Gasteiger partial charge in [-0.15, -0.1) is 0 Å². The summed E-state index contributed by atoms with van der Waals surface area (Å²) in [5.41, 5.74) is 0. The molecule has 0 amide bonds. The molecule has 0 aliphatic heterocycles. The topological polar surface area (TPSA) is 37.3 Å². The molecular formula is C5H3F5O2. The first-order chi connectivity index (χ1) is 5.19. The van der Waals surface area contributed by atoms with Gasteiger partial charge in [0, 0.05) is 0 Å². The van der Waals surface area contributed by atoms with Crippen LogP contribution in [0.3, 0.4) is 0 Å². The third kappa shape index (κ3) is 1.12. The molecule has 0 bridgehead atoms. The third-order valence-corrected chi connectivity index (χ3v) is 1.67. The third-order valence-electron chi connectivity index (χ3n) is 1.67. The molecule has 0 spiro atoms. The Bertz CT molecular complexity index is 220. The number of aliphatic carboxylic acids is 1. The first-order valence-corrected chi connectivity index (χ1v) is 2.86. The minimum absolute atomic E-state index is 2.11. The van der Waals surface area contributed by atoms with Gasteiger partial charge in [-0.1, -0.05) is 0 Å². The zero-order chi connectivity index (χ0) is 9.73. The van der Waals surface area contributed by atoms with E-state index in [1.807, 2.05) is 0 Å². The summed E-state index contributed by atoms with van der Waals surface area (Å²) < 4.78 is 59.0. The minimum Gasteiger partial charge on any atom is -0.481 e. The van der Waals surface area contributed by atoms with E-state index in [0.717, 1.165) is 0 Å². The molecule has 70 valence electrons. The van der Waals surface area contributed by atoms with Crippen LogP contribution in [-0.4, -0.2) is 23.2 Å². The zero-order valence-electron chi connectivity index (χ0n) is 5.40. The van der Waals surface area contributed by atoms with Crippen molar-refractivity contribution in [2.24, 2.45) is 11.8 Å². The molecule has 0 heterocycles.